The third-order valence-electron chi connectivity index (χ3n) is 6.70. The number of hydrogen-bond donors (Lipinski definition) is 1. The van der Waals surface area contributed by atoms with Gasteiger partial charge in [0, 0.05) is 18.4 Å². The van der Waals surface area contributed by atoms with Crippen molar-refractivity contribution in [1.29, 1.82) is 0 Å². The van der Waals surface area contributed by atoms with Crippen molar-refractivity contribution in [2.45, 2.75) is 76.4 Å². The van der Waals surface area contributed by atoms with E-state index in [1.807, 2.05) is 18.2 Å². The minimum Gasteiger partial charge on any atom is -0.550 e. The van der Waals surface area contributed by atoms with Crippen LogP contribution < -0.4 is 40.0 Å². The van der Waals surface area contributed by atoms with Crippen LogP contribution in [0.5, 0.6) is 0 Å². The van der Waals surface area contributed by atoms with E-state index < -0.39 is 5.97 Å². The van der Waals surface area contributed by atoms with Gasteiger partial charge in [0.1, 0.15) is 6.26 Å². The molecule has 4 rings (SSSR count). The molecule has 2 aromatic rings. The number of carboxylic acids is 1. The van der Waals surface area contributed by atoms with Gasteiger partial charge in [-0.15, -0.1) is 0 Å². The molecular formula is C25H31N2NaO5. The number of benzene rings is 1. The molecule has 8 heteroatoms. The van der Waals surface area contributed by atoms with Gasteiger partial charge >= 0.3 is 29.6 Å². The fraction of sp³-hybridized carbons (Fsp3) is 0.560. The predicted molar refractivity (Wildman–Crippen MR) is 116 cm³/mol. The van der Waals surface area contributed by atoms with E-state index in [9.17, 15) is 14.7 Å². The van der Waals surface area contributed by atoms with Gasteiger partial charge in [0.2, 0.25) is 5.89 Å². The number of fused-ring (bicyclic) bond motifs is 2. The molecule has 2 fully saturated rings. The first kappa shape index (κ1) is 25.9. The van der Waals surface area contributed by atoms with E-state index in [0.717, 1.165) is 49.7 Å². The van der Waals surface area contributed by atoms with E-state index in [1.54, 1.807) is 0 Å². The Morgan fingerprint density at radius 1 is 1.15 bits per heavy atom. The number of unbranched alkanes of at least 4 members (excludes halogenated alkanes) is 2. The maximum atomic E-state index is 12.4. The van der Waals surface area contributed by atoms with Crippen molar-refractivity contribution in [2.24, 2.45) is 5.92 Å². The largest absolute Gasteiger partial charge is 1.00 e. The Bertz CT molecular complexity index is 946. The van der Waals surface area contributed by atoms with E-state index in [-0.39, 0.29) is 65.9 Å². The van der Waals surface area contributed by atoms with E-state index >= 15 is 0 Å². The molecular weight excluding hydrogens is 431 g/mol. The third kappa shape index (κ3) is 6.27. The summed E-state index contributed by atoms with van der Waals surface area (Å²) in [5, 5.41) is 13.8. The van der Waals surface area contributed by atoms with Gasteiger partial charge in [-0.05, 0) is 49.7 Å². The smallest absolute Gasteiger partial charge is 0.550 e. The summed E-state index contributed by atoms with van der Waals surface area (Å²) in [5.41, 5.74) is 2.46. The number of aromatic nitrogens is 1. The van der Waals surface area contributed by atoms with Gasteiger partial charge in [0.15, 0.2) is 5.69 Å². The quantitative estimate of drug-likeness (QED) is 0.366. The second-order valence-electron chi connectivity index (χ2n) is 8.86. The van der Waals surface area contributed by atoms with Gasteiger partial charge in [-0.3, -0.25) is 4.79 Å². The van der Waals surface area contributed by atoms with Crippen LogP contribution in [0.25, 0.3) is 0 Å². The van der Waals surface area contributed by atoms with Gasteiger partial charge < -0.3 is 24.4 Å². The van der Waals surface area contributed by atoms with Gasteiger partial charge in [0.05, 0.1) is 18.1 Å². The second kappa shape index (κ2) is 12.2. The number of rotatable bonds is 11. The summed E-state index contributed by atoms with van der Waals surface area (Å²) in [4.78, 5) is 27.9. The summed E-state index contributed by atoms with van der Waals surface area (Å²) in [7, 11) is 0. The van der Waals surface area contributed by atoms with Crippen molar-refractivity contribution in [3.8, 4) is 0 Å². The molecule has 1 aromatic carbocycles. The zero-order chi connectivity index (χ0) is 22.5. The maximum Gasteiger partial charge on any atom is 1.00 e. The average Bonchev–Trinajstić information content (AvgIpc) is 3.52. The number of carbonyl (C=O) groups is 2. The number of nitrogens with zero attached hydrogens (tertiary/aromatic N) is 1. The van der Waals surface area contributed by atoms with E-state index in [0.29, 0.717) is 24.6 Å². The first-order valence-electron chi connectivity index (χ1n) is 11.7. The molecule has 4 atom stereocenters. The van der Waals surface area contributed by atoms with Crippen molar-refractivity contribution in [3.63, 3.8) is 0 Å². The number of aryl methyl sites for hydroxylation is 1. The number of aliphatic carboxylic acids is 1. The molecule has 0 radical (unpaired) electrons. The monoisotopic (exact) mass is 462 g/mol. The Morgan fingerprint density at radius 2 is 1.91 bits per heavy atom. The molecule has 0 spiro atoms. The number of carboxylic acid groups (broad SMARTS) is 1. The molecule has 1 N–H and O–H groups in total. The molecule has 0 saturated carbocycles. The molecule has 2 saturated heterocycles. The Kier molecular flexibility index (Phi) is 9.56. The zero-order valence-electron chi connectivity index (χ0n) is 19.5. The van der Waals surface area contributed by atoms with Crippen LogP contribution in [0.1, 0.15) is 78.9 Å². The molecule has 2 bridgehead atoms. The van der Waals surface area contributed by atoms with Crippen molar-refractivity contribution in [2.75, 3.05) is 6.54 Å². The first-order chi connectivity index (χ1) is 15.6. The first-order valence-corrected chi connectivity index (χ1v) is 11.7. The van der Waals surface area contributed by atoms with Crippen LogP contribution in [0, 0.1) is 5.92 Å². The van der Waals surface area contributed by atoms with Gasteiger partial charge in [-0.2, -0.15) is 0 Å². The molecule has 1 aromatic heterocycles. The second-order valence-corrected chi connectivity index (χ2v) is 8.86. The number of oxazole rings is 1. The van der Waals surface area contributed by atoms with Crippen LogP contribution >= 0.6 is 0 Å². The van der Waals surface area contributed by atoms with Crippen molar-refractivity contribution >= 4 is 11.9 Å². The number of hydrogen-bond acceptors (Lipinski definition) is 6. The minimum absolute atomic E-state index is 0. The Labute approximate surface area is 217 Å². The molecule has 3 heterocycles. The van der Waals surface area contributed by atoms with Crippen LogP contribution in [0.2, 0.25) is 0 Å². The van der Waals surface area contributed by atoms with Gasteiger partial charge in [-0.25, -0.2) is 4.98 Å². The van der Waals surface area contributed by atoms with E-state index in [4.69, 9.17) is 9.15 Å². The van der Waals surface area contributed by atoms with Crippen LogP contribution in [0.4, 0.5) is 0 Å². The summed E-state index contributed by atoms with van der Waals surface area (Å²) >= 11 is 0. The normalized spacial score (nSPS) is 23.3. The molecule has 2 aliphatic rings. The Balaban J connectivity index is 0.00000306. The summed E-state index contributed by atoms with van der Waals surface area (Å²) in [6.07, 6.45) is 7.92. The van der Waals surface area contributed by atoms with Crippen molar-refractivity contribution in [3.05, 3.63) is 53.2 Å². The standard InChI is InChI=1S/C25H32N2O5.Na/c1-2-3-6-13-26-24(30)19-15-31-25(27-19)23-18(20-10-11-21(23)32-20)14-17-8-5-4-7-16(17)9-12-22(28)29;/h4-5,7-8,15,18,20-21,23H,2-3,6,9-14H2,1H3,(H,26,30)(H,28,29);/q;+1/p-1/t18-,20+,21+,23-;/m0./s1. The topological polar surface area (TPSA) is 104 Å². The summed E-state index contributed by atoms with van der Waals surface area (Å²) < 4.78 is 12.0. The summed E-state index contributed by atoms with van der Waals surface area (Å²) in [5.74, 6) is -0.514. The molecule has 0 aliphatic carbocycles. The molecule has 7 nitrogen and oxygen atoms in total. The molecule has 172 valence electrons. The number of carbonyl (C=O) groups excluding carboxylic acids is 2. The maximum absolute atomic E-state index is 12.4. The molecule has 33 heavy (non-hydrogen) atoms. The van der Waals surface area contributed by atoms with Crippen molar-refractivity contribution in [1.82, 2.24) is 10.3 Å². The van der Waals surface area contributed by atoms with Crippen LogP contribution in [-0.4, -0.2) is 35.6 Å². The Morgan fingerprint density at radius 3 is 2.67 bits per heavy atom. The number of amides is 1. The van der Waals surface area contributed by atoms with Gasteiger partial charge in [-0.1, -0.05) is 44.0 Å². The Hall–Kier alpha value is -1.67. The van der Waals surface area contributed by atoms with E-state index in [2.05, 4.69) is 23.3 Å². The molecule has 0 unspecified atom stereocenters. The van der Waals surface area contributed by atoms with E-state index in [1.165, 1.54) is 6.26 Å². The average molecular weight is 463 g/mol. The number of nitrogens with one attached hydrogen (secondary N) is 1. The SMILES string of the molecule is CCCCCNC(=O)c1coc([C@H]2[C@@H](Cc3ccccc3CCC(=O)[O-])[C@H]3CC[C@H]2O3)n1.[Na+]. The third-order valence-corrected chi connectivity index (χ3v) is 6.70. The predicted octanol–water partition coefficient (Wildman–Crippen LogP) is -0.215. The fourth-order valence-electron chi connectivity index (χ4n) is 5.08. The molecule has 2 aliphatic heterocycles. The molecule has 1 amide bonds. The van der Waals surface area contributed by atoms with Crippen LogP contribution in [0.15, 0.2) is 34.9 Å². The van der Waals surface area contributed by atoms with Crippen LogP contribution in [0.3, 0.4) is 0 Å². The van der Waals surface area contributed by atoms with Crippen molar-refractivity contribution < 1.29 is 53.4 Å². The number of ether oxygens (including phenoxy) is 1. The summed E-state index contributed by atoms with van der Waals surface area (Å²) in [6, 6.07) is 7.95. The zero-order valence-corrected chi connectivity index (χ0v) is 21.5. The summed E-state index contributed by atoms with van der Waals surface area (Å²) in [6.45, 7) is 2.76. The minimum atomic E-state index is -1.04. The van der Waals surface area contributed by atoms with Crippen LogP contribution in [-0.2, 0) is 22.4 Å². The fourth-order valence-corrected chi connectivity index (χ4v) is 5.08. The van der Waals surface area contributed by atoms with Gasteiger partial charge in [0.25, 0.3) is 5.91 Å².